The van der Waals surface area contributed by atoms with Gasteiger partial charge in [-0.2, -0.15) is 0 Å². The zero-order valence-corrected chi connectivity index (χ0v) is 10.8. The van der Waals surface area contributed by atoms with Gasteiger partial charge < -0.3 is 4.57 Å². The monoisotopic (exact) mass is 243 g/mol. The maximum Gasteiger partial charge on any atom is 0.267 e. The topological polar surface area (TPSA) is 60.0 Å². The van der Waals surface area contributed by atoms with E-state index >= 15 is 0 Å². The predicted molar refractivity (Wildman–Crippen MR) is 71.6 cm³/mol. The molecular weight excluding hydrogens is 226 g/mol. The van der Waals surface area contributed by atoms with Crippen LogP contribution in [0.4, 0.5) is 0 Å². The molecule has 3 N–H and O–H groups in total. The minimum absolute atomic E-state index is 0.262. The lowest BCUT2D eigenvalue weighted by atomic mass is 10.2. The van der Waals surface area contributed by atoms with E-state index in [0.717, 1.165) is 17.1 Å². The van der Waals surface area contributed by atoms with E-state index in [-0.39, 0.29) is 5.91 Å². The number of benzene rings is 1. The van der Waals surface area contributed by atoms with Gasteiger partial charge in [0.25, 0.3) is 5.91 Å². The average Bonchev–Trinajstić information content (AvgIpc) is 2.64. The van der Waals surface area contributed by atoms with Crippen LogP contribution in [-0.2, 0) is 0 Å². The highest BCUT2D eigenvalue weighted by atomic mass is 16.2. The number of aryl methyl sites for hydroxylation is 2. The molecule has 2 aromatic rings. The SMILES string of the molecule is Cc1cccc(-n2c(C)cc(C(=O)NN)c2C)c1. The molecule has 0 saturated carbocycles. The number of nitrogens with two attached hydrogens (primary N) is 1. The van der Waals surface area contributed by atoms with Gasteiger partial charge in [-0.3, -0.25) is 10.2 Å². The Morgan fingerprint density at radius 2 is 1.94 bits per heavy atom. The van der Waals surface area contributed by atoms with Crippen molar-refractivity contribution >= 4 is 5.91 Å². The molecule has 4 nitrogen and oxygen atoms in total. The number of nitrogen functional groups attached to an aromatic ring is 1. The molecule has 0 fully saturated rings. The molecule has 0 aliphatic carbocycles. The zero-order chi connectivity index (χ0) is 13.3. The molecule has 4 heteroatoms. The number of nitrogens with zero attached hydrogens (tertiary/aromatic N) is 1. The van der Waals surface area contributed by atoms with E-state index in [4.69, 9.17) is 5.84 Å². The standard InChI is InChI=1S/C14H17N3O/c1-9-5-4-6-12(7-9)17-10(2)8-13(11(17)3)14(18)16-15/h4-8H,15H2,1-3H3,(H,16,18). The second-order valence-corrected chi connectivity index (χ2v) is 4.43. The molecule has 0 radical (unpaired) electrons. The van der Waals surface area contributed by atoms with Crippen LogP contribution in [0.2, 0.25) is 0 Å². The van der Waals surface area contributed by atoms with Crippen LogP contribution in [0.25, 0.3) is 5.69 Å². The van der Waals surface area contributed by atoms with Crippen LogP contribution in [0.3, 0.4) is 0 Å². The number of hydrazine groups is 1. The maximum atomic E-state index is 11.6. The van der Waals surface area contributed by atoms with E-state index in [9.17, 15) is 4.79 Å². The molecule has 2 rings (SSSR count). The Balaban J connectivity index is 2.59. The van der Waals surface area contributed by atoms with E-state index in [2.05, 4.69) is 16.1 Å². The van der Waals surface area contributed by atoms with Crippen molar-refractivity contribution < 1.29 is 4.79 Å². The first-order chi connectivity index (χ1) is 8.54. The van der Waals surface area contributed by atoms with Crippen molar-refractivity contribution in [3.63, 3.8) is 0 Å². The lowest BCUT2D eigenvalue weighted by Gasteiger charge is -2.10. The predicted octanol–water partition coefficient (Wildman–Crippen LogP) is 2.01. The first-order valence-corrected chi connectivity index (χ1v) is 5.81. The molecule has 0 atom stereocenters. The van der Waals surface area contributed by atoms with Crippen LogP contribution < -0.4 is 11.3 Å². The molecule has 1 heterocycles. The third kappa shape index (κ3) is 2.02. The Hall–Kier alpha value is -2.07. The summed E-state index contributed by atoms with van der Waals surface area (Å²) in [5, 5.41) is 0. The Bertz CT molecular complexity index is 599. The normalized spacial score (nSPS) is 10.4. The largest absolute Gasteiger partial charge is 0.318 e. The second-order valence-electron chi connectivity index (χ2n) is 4.43. The lowest BCUT2D eigenvalue weighted by molar-refractivity contribution is 0.0953. The van der Waals surface area contributed by atoms with Gasteiger partial charge in [-0.1, -0.05) is 12.1 Å². The van der Waals surface area contributed by atoms with E-state index in [1.807, 2.05) is 45.0 Å². The van der Waals surface area contributed by atoms with Crippen LogP contribution in [-0.4, -0.2) is 10.5 Å². The van der Waals surface area contributed by atoms with Crippen LogP contribution >= 0.6 is 0 Å². The van der Waals surface area contributed by atoms with Crippen molar-refractivity contribution in [3.8, 4) is 5.69 Å². The number of rotatable bonds is 2. The van der Waals surface area contributed by atoms with E-state index < -0.39 is 0 Å². The van der Waals surface area contributed by atoms with Crippen LogP contribution in [0.15, 0.2) is 30.3 Å². The maximum absolute atomic E-state index is 11.6. The summed E-state index contributed by atoms with van der Waals surface area (Å²) in [7, 11) is 0. The van der Waals surface area contributed by atoms with Crippen LogP contribution in [0, 0.1) is 20.8 Å². The molecule has 0 unspecified atom stereocenters. The van der Waals surface area contributed by atoms with Crippen molar-refractivity contribution in [2.75, 3.05) is 0 Å². The number of nitrogens with one attached hydrogen (secondary N) is 1. The van der Waals surface area contributed by atoms with Gasteiger partial charge >= 0.3 is 0 Å². The third-order valence-electron chi connectivity index (χ3n) is 3.07. The Morgan fingerprint density at radius 1 is 1.22 bits per heavy atom. The van der Waals surface area contributed by atoms with E-state index in [1.54, 1.807) is 0 Å². The number of hydrogen-bond acceptors (Lipinski definition) is 2. The van der Waals surface area contributed by atoms with E-state index in [1.165, 1.54) is 5.56 Å². The van der Waals surface area contributed by atoms with Gasteiger partial charge in [0.1, 0.15) is 0 Å². The molecule has 1 aromatic carbocycles. The average molecular weight is 243 g/mol. The summed E-state index contributed by atoms with van der Waals surface area (Å²) in [6.45, 7) is 5.94. The van der Waals surface area contributed by atoms with Gasteiger partial charge in [-0.15, -0.1) is 0 Å². The molecular formula is C14H17N3O. The lowest BCUT2D eigenvalue weighted by Crippen LogP contribution is -2.30. The highest BCUT2D eigenvalue weighted by Crippen LogP contribution is 2.21. The first-order valence-electron chi connectivity index (χ1n) is 5.81. The number of carbonyl (C=O) groups excluding carboxylic acids is 1. The second kappa shape index (κ2) is 4.66. The quantitative estimate of drug-likeness (QED) is 0.481. The van der Waals surface area contributed by atoms with Crippen molar-refractivity contribution in [1.82, 2.24) is 9.99 Å². The van der Waals surface area contributed by atoms with Gasteiger partial charge in [-0.25, -0.2) is 5.84 Å². The molecule has 1 aromatic heterocycles. The zero-order valence-electron chi connectivity index (χ0n) is 10.8. The smallest absolute Gasteiger partial charge is 0.267 e. The minimum Gasteiger partial charge on any atom is -0.318 e. The van der Waals surface area contributed by atoms with Crippen LogP contribution in [0.1, 0.15) is 27.3 Å². The fraction of sp³-hybridized carbons (Fsp3) is 0.214. The first kappa shape index (κ1) is 12.4. The molecule has 0 aliphatic rings. The summed E-state index contributed by atoms with van der Waals surface area (Å²) < 4.78 is 2.05. The summed E-state index contributed by atoms with van der Waals surface area (Å²) in [5.41, 5.74) is 6.92. The number of hydrogen-bond donors (Lipinski definition) is 2. The van der Waals surface area contributed by atoms with Gasteiger partial charge in [0.2, 0.25) is 0 Å². The molecule has 0 aliphatic heterocycles. The fourth-order valence-corrected chi connectivity index (χ4v) is 2.23. The summed E-state index contributed by atoms with van der Waals surface area (Å²) in [5.74, 6) is 4.92. The molecule has 0 saturated heterocycles. The Labute approximate surface area is 106 Å². The summed E-state index contributed by atoms with van der Waals surface area (Å²) in [4.78, 5) is 11.6. The third-order valence-corrected chi connectivity index (χ3v) is 3.07. The van der Waals surface area contributed by atoms with Crippen LogP contribution in [0.5, 0.6) is 0 Å². The number of amides is 1. The fourth-order valence-electron chi connectivity index (χ4n) is 2.23. The molecule has 94 valence electrons. The highest BCUT2D eigenvalue weighted by Gasteiger charge is 2.15. The number of carbonyl (C=O) groups is 1. The van der Waals surface area contributed by atoms with Crippen molar-refractivity contribution in [2.24, 2.45) is 5.84 Å². The highest BCUT2D eigenvalue weighted by molar-refractivity contribution is 5.95. The Morgan fingerprint density at radius 3 is 2.56 bits per heavy atom. The Kier molecular flexibility index (Phi) is 3.21. The summed E-state index contributed by atoms with van der Waals surface area (Å²) >= 11 is 0. The number of aromatic nitrogens is 1. The summed E-state index contributed by atoms with van der Waals surface area (Å²) in [6, 6.07) is 10.0. The van der Waals surface area contributed by atoms with E-state index in [0.29, 0.717) is 5.56 Å². The van der Waals surface area contributed by atoms with Crippen molar-refractivity contribution in [2.45, 2.75) is 20.8 Å². The van der Waals surface area contributed by atoms with Gasteiger partial charge in [0.05, 0.1) is 5.56 Å². The summed E-state index contributed by atoms with van der Waals surface area (Å²) in [6.07, 6.45) is 0. The molecule has 0 bridgehead atoms. The van der Waals surface area contributed by atoms with Gasteiger partial charge in [-0.05, 0) is 44.5 Å². The van der Waals surface area contributed by atoms with Crippen molar-refractivity contribution in [1.29, 1.82) is 0 Å². The molecule has 0 spiro atoms. The van der Waals surface area contributed by atoms with Gasteiger partial charge in [0, 0.05) is 17.1 Å². The van der Waals surface area contributed by atoms with Gasteiger partial charge in [0.15, 0.2) is 0 Å². The molecule has 1 amide bonds. The van der Waals surface area contributed by atoms with Crippen molar-refractivity contribution in [3.05, 3.63) is 52.8 Å². The minimum atomic E-state index is -0.262. The molecule has 18 heavy (non-hydrogen) atoms.